The second-order valence-electron chi connectivity index (χ2n) is 12.2. The molecule has 2 aliphatic rings. The molecular formula is C36H40ClN. The van der Waals surface area contributed by atoms with Crippen molar-refractivity contribution in [3.63, 3.8) is 0 Å². The molecular weight excluding hydrogens is 482 g/mol. The van der Waals surface area contributed by atoms with E-state index in [2.05, 4.69) is 135 Å². The van der Waals surface area contributed by atoms with Crippen LogP contribution in [0.1, 0.15) is 51.2 Å². The van der Waals surface area contributed by atoms with Crippen molar-refractivity contribution >= 4 is 12.4 Å². The number of fused-ring (bicyclic) bond motifs is 2. The number of halogens is 1. The Bertz CT molecular complexity index is 1240. The van der Waals surface area contributed by atoms with E-state index in [-0.39, 0.29) is 12.4 Å². The van der Waals surface area contributed by atoms with Gasteiger partial charge in [-0.3, -0.25) is 4.90 Å². The first-order valence-corrected chi connectivity index (χ1v) is 14.0. The molecule has 38 heavy (non-hydrogen) atoms. The van der Waals surface area contributed by atoms with Crippen molar-refractivity contribution in [2.75, 3.05) is 0 Å². The molecule has 2 saturated carbocycles. The summed E-state index contributed by atoms with van der Waals surface area (Å²) in [5, 5.41) is 0. The first-order valence-electron chi connectivity index (χ1n) is 14.0. The molecule has 2 aliphatic carbocycles. The summed E-state index contributed by atoms with van der Waals surface area (Å²) >= 11 is 0. The predicted octanol–water partition coefficient (Wildman–Crippen LogP) is 9.66. The van der Waals surface area contributed by atoms with Gasteiger partial charge in [0.15, 0.2) is 0 Å². The zero-order chi connectivity index (χ0) is 25.5. The highest BCUT2D eigenvalue weighted by molar-refractivity contribution is 5.85. The largest absolute Gasteiger partial charge is 0.291 e. The molecule has 2 heteroatoms. The van der Waals surface area contributed by atoms with Crippen molar-refractivity contribution < 1.29 is 0 Å². The van der Waals surface area contributed by atoms with Crippen LogP contribution >= 0.6 is 12.4 Å². The van der Waals surface area contributed by atoms with E-state index in [0.29, 0.717) is 16.9 Å². The molecule has 0 heterocycles. The van der Waals surface area contributed by atoms with E-state index in [0.717, 1.165) is 19.0 Å². The summed E-state index contributed by atoms with van der Waals surface area (Å²) in [6.07, 6.45) is 4.07. The van der Waals surface area contributed by atoms with E-state index in [1.165, 1.54) is 52.6 Å². The predicted molar refractivity (Wildman–Crippen MR) is 163 cm³/mol. The number of hydrogen-bond donors (Lipinski definition) is 0. The van der Waals surface area contributed by atoms with Gasteiger partial charge in [-0.25, -0.2) is 0 Å². The van der Waals surface area contributed by atoms with Crippen LogP contribution in [0, 0.1) is 16.7 Å². The first-order chi connectivity index (χ1) is 17.9. The fourth-order valence-electron chi connectivity index (χ4n) is 7.33. The Morgan fingerprint density at radius 2 is 1.03 bits per heavy atom. The lowest BCUT2D eigenvalue weighted by Gasteiger charge is -2.45. The summed E-state index contributed by atoms with van der Waals surface area (Å²) in [5.74, 6) is 0.839. The maximum absolute atomic E-state index is 2.80. The van der Waals surface area contributed by atoms with Crippen LogP contribution in [0.25, 0.3) is 22.3 Å². The Balaban J connectivity index is 0.00000294. The van der Waals surface area contributed by atoms with Gasteiger partial charge in [0, 0.05) is 19.1 Å². The standard InChI is InChI=1S/C36H39N.ClH/c1-35(2)33-22-23-36(35,3)34(24-33)37(25-27-14-18-31(19-15-27)29-10-6-4-7-11-29)26-28-16-20-32(21-17-28)30-12-8-5-9-13-30;/h4-21,33-34H,22-26H2,1-3H3;1H. The lowest BCUT2D eigenvalue weighted by molar-refractivity contribution is 0.0332. The monoisotopic (exact) mass is 521 g/mol. The second-order valence-corrected chi connectivity index (χ2v) is 12.2. The maximum atomic E-state index is 2.80. The van der Waals surface area contributed by atoms with Gasteiger partial charge in [0.05, 0.1) is 0 Å². The molecule has 0 spiro atoms. The van der Waals surface area contributed by atoms with Crippen LogP contribution in [0.4, 0.5) is 0 Å². The number of benzene rings is 4. The highest BCUT2D eigenvalue weighted by Gasteiger charge is 2.62. The van der Waals surface area contributed by atoms with E-state index >= 15 is 0 Å². The molecule has 0 aliphatic heterocycles. The lowest BCUT2D eigenvalue weighted by Crippen LogP contribution is -2.46. The van der Waals surface area contributed by atoms with Crippen molar-refractivity contribution in [3.8, 4) is 22.3 Å². The van der Waals surface area contributed by atoms with Gasteiger partial charge < -0.3 is 0 Å². The van der Waals surface area contributed by atoms with E-state index in [9.17, 15) is 0 Å². The first kappa shape index (κ1) is 26.7. The smallest absolute Gasteiger partial charge is 0.0240 e. The summed E-state index contributed by atoms with van der Waals surface area (Å²) in [4.78, 5) is 2.80. The molecule has 1 nitrogen and oxygen atoms in total. The number of hydrogen-bond acceptors (Lipinski definition) is 1. The minimum Gasteiger partial charge on any atom is -0.291 e. The molecule has 0 aromatic heterocycles. The Kier molecular flexibility index (Phi) is 7.54. The fourth-order valence-corrected chi connectivity index (χ4v) is 7.33. The quantitative estimate of drug-likeness (QED) is 0.234. The average Bonchev–Trinajstić information content (AvgIpc) is 3.28. The van der Waals surface area contributed by atoms with Gasteiger partial charge in [0.25, 0.3) is 0 Å². The van der Waals surface area contributed by atoms with Gasteiger partial charge in [0.2, 0.25) is 0 Å². The normalized spacial score (nSPS) is 23.4. The highest BCUT2D eigenvalue weighted by atomic mass is 35.5. The fraction of sp³-hybridized carbons (Fsp3) is 0.333. The summed E-state index contributed by atoms with van der Waals surface area (Å²) in [6.45, 7) is 9.64. The van der Waals surface area contributed by atoms with Gasteiger partial charge in [-0.05, 0) is 69.4 Å². The molecule has 196 valence electrons. The lowest BCUT2D eigenvalue weighted by atomic mass is 9.68. The van der Waals surface area contributed by atoms with E-state index in [1.54, 1.807) is 0 Å². The van der Waals surface area contributed by atoms with Gasteiger partial charge in [0.1, 0.15) is 0 Å². The van der Waals surface area contributed by atoms with Gasteiger partial charge >= 0.3 is 0 Å². The topological polar surface area (TPSA) is 3.24 Å². The molecule has 3 unspecified atom stereocenters. The van der Waals surface area contributed by atoms with Gasteiger partial charge in [-0.1, -0.05) is 130 Å². The molecule has 6 rings (SSSR count). The van der Waals surface area contributed by atoms with E-state index < -0.39 is 0 Å². The second kappa shape index (κ2) is 10.7. The Hall–Kier alpha value is -2.87. The van der Waals surface area contributed by atoms with E-state index in [1.807, 2.05) is 0 Å². The van der Waals surface area contributed by atoms with Crippen LogP contribution in [0.5, 0.6) is 0 Å². The van der Waals surface area contributed by atoms with Gasteiger partial charge in [-0.15, -0.1) is 12.4 Å². The maximum Gasteiger partial charge on any atom is 0.0240 e. The summed E-state index contributed by atoms with van der Waals surface area (Å²) in [5.41, 5.74) is 8.74. The number of nitrogens with zero attached hydrogens (tertiary/aromatic N) is 1. The Morgan fingerprint density at radius 1 is 0.605 bits per heavy atom. The molecule has 0 radical (unpaired) electrons. The Labute approximate surface area is 235 Å². The third kappa shape index (κ3) is 4.83. The minimum absolute atomic E-state index is 0. The number of rotatable bonds is 7. The van der Waals surface area contributed by atoms with Crippen LogP contribution < -0.4 is 0 Å². The van der Waals surface area contributed by atoms with Crippen LogP contribution in [-0.2, 0) is 13.1 Å². The van der Waals surface area contributed by atoms with Crippen LogP contribution in [0.2, 0.25) is 0 Å². The van der Waals surface area contributed by atoms with Crippen molar-refractivity contribution in [2.24, 2.45) is 16.7 Å². The molecule has 0 N–H and O–H groups in total. The molecule has 2 bridgehead atoms. The SMILES string of the molecule is CC1(C)C2CCC1(C)C(N(Cc1ccc(-c3ccccc3)cc1)Cc1ccc(-c3ccccc3)cc1)C2.Cl. The molecule has 0 amide bonds. The van der Waals surface area contributed by atoms with Crippen molar-refractivity contribution in [3.05, 3.63) is 120 Å². The summed E-state index contributed by atoms with van der Waals surface area (Å²) in [7, 11) is 0. The minimum atomic E-state index is 0. The van der Waals surface area contributed by atoms with Crippen LogP contribution in [0.3, 0.4) is 0 Å². The molecule has 3 atom stereocenters. The van der Waals surface area contributed by atoms with Crippen LogP contribution in [-0.4, -0.2) is 10.9 Å². The highest BCUT2D eigenvalue weighted by Crippen LogP contribution is 2.66. The van der Waals surface area contributed by atoms with E-state index in [4.69, 9.17) is 0 Å². The van der Waals surface area contributed by atoms with Crippen molar-refractivity contribution in [1.29, 1.82) is 0 Å². The summed E-state index contributed by atoms with van der Waals surface area (Å²) < 4.78 is 0. The molecule has 4 aromatic rings. The zero-order valence-corrected chi connectivity index (χ0v) is 23.8. The molecule has 4 aromatic carbocycles. The summed E-state index contributed by atoms with van der Waals surface area (Å²) in [6, 6.07) is 40.6. The third-order valence-corrected chi connectivity index (χ3v) is 10.1. The van der Waals surface area contributed by atoms with Crippen LogP contribution in [0.15, 0.2) is 109 Å². The molecule has 0 saturated heterocycles. The van der Waals surface area contributed by atoms with Gasteiger partial charge in [-0.2, -0.15) is 0 Å². The molecule has 2 fully saturated rings. The Morgan fingerprint density at radius 3 is 1.39 bits per heavy atom. The van der Waals surface area contributed by atoms with Crippen molar-refractivity contribution in [1.82, 2.24) is 4.90 Å². The third-order valence-electron chi connectivity index (χ3n) is 10.1. The average molecular weight is 522 g/mol. The zero-order valence-electron chi connectivity index (χ0n) is 22.9. The van der Waals surface area contributed by atoms with Crippen molar-refractivity contribution in [2.45, 2.75) is 59.2 Å².